The first-order valence-electron chi connectivity index (χ1n) is 40.4. The summed E-state index contributed by atoms with van der Waals surface area (Å²) in [6, 6.07) is 95.7. The number of rotatable bonds is 18. The van der Waals surface area contributed by atoms with Crippen molar-refractivity contribution in [3.63, 3.8) is 0 Å². The van der Waals surface area contributed by atoms with Crippen molar-refractivity contribution in [1.82, 2.24) is 0 Å². The van der Waals surface area contributed by atoms with E-state index in [2.05, 4.69) is 323 Å². The highest BCUT2D eigenvalue weighted by Crippen LogP contribution is 2.62. The SMILES string of the molecule is CCCCCCCC1(CCCCCCC)c2ccccc2-c2ccc(-c3ccc4c(c3)C(C)(C)c3cc(-c5cc6c(c7c5oc5ccccc57)-c5ccc(N(c7ccc(-c8ccccc8)cc7)c7ccc8c(c7)C(C)(C)c7cc9c(cc7-8)C(C)(C)c7ccc8oc%10ccccc%10c8c7-9)cc5C6(C)C)ccc3-4)cc21. The summed E-state index contributed by atoms with van der Waals surface area (Å²) in [5.41, 5.74) is 40.6. The third-order valence-corrected chi connectivity index (χ3v) is 27.0. The van der Waals surface area contributed by atoms with E-state index in [4.69, 9.17) is 8.83 Å². The summed E-state index contributed by atoms with van der Waals surface area (Å²) < 4.78 is 13.8. The number of fused-ring (bicyclic) bond motifs is 23. The highest BCUT2D eigenvalue weighted by molar-refractivity contribution is 6.19. The lowest BCUT2D eigenvalue weighted by molar-refractivity contribution is 0.399. The van der Waals surface area contributed by atoms with Gasteiger partial charge in [-0.2, -0.15) is 0 Å². The van der Waals surface area contributed by atoms with Crippen molar-refractivity contribution >= 4 is 60.9 Å². The molecule has 0 fully saturated rings. The summed E-state index contributed by atoms with van der Waals surface area (Å²) in [6.07, 6.45) is 15.4. The minimum Gasteiger partial charge on any atom is -0.456 e. The Morgan fingerprint density at radius 3 is 1.37 bits per heavy atom. The second-order valence-electron chi connectivity index (χ2n) is 34.5. The minimum atomic E-state index is -0.389. The number of furan rings is 2. The third kappa shape index (κ3) is 9.77. The van der Waals surface area contributed by atoms with Gasteiger partial charge in [-0.3, -0.25) is 0 Å². The van der Waals surface area contributed by atoms with Crippen LogP contribution in [0.4, 0.5) is 17.1 Å². The molecule has 5 aliphatic carbocycles. The normalized spacial score (nSPS) is 15.6. The lowest BCUT2D eigenvalue weighted by atomic mass is 9.70. The number of hydrogen-bond acceptors (Lipinski definition) is 3. The molecule has 0 N–H and O–H groups in total. The molecule has 2 aromatic heterocycles. The van der Waals surface area contributed by atoms with Crippen molar-refractivity contribution in [2.45, 2.75) is 173 Å². The van der Waals surface area contributed by atoms with Crippen LogP contribution in [0.2, 0.25) is 0 Å². The quantitative estimate of drug-likeness (QED) is 0.0802. The third-order valence-electron chi connectivity index (χ3n) is 27.0. The Hall–Kier alpha value is -10.7. The molecule has 0 aliphatic heterocycles. The van der Waals surface area contributed by atoms with Gasteiger partial charge in [0.05, 0.1) is 0 Å². The summed E-state index contributed by atoms with van der Waals surface area (Å²) in [7, 11) is 0. The van der Waals surface area contributed by atoms with Crippen LogP contribution in [0.1, 0.15) is 202 Å². The molecule has 532 valence electrons. The largest absolute Gasteiger partial charge is 0.456 e. The van der Waals surface area contributed by atoms with Gasteiger partial charge in [-0.1, -0.05) is 291 Å². The van der Waals surface area contributed by atoms with Crippen LogP contribution < -0.4 is 4.90 Å². The second-order valence-corrected chi connectivity index (χ2v) is 34.5. The molecule has 15 aromatic rings. The van der Waals surface area contributed by atoms with E-state index in [-0.39, 0.29) is 27.1 Å². The summed E-state index contributed by atoms with van der Waals surface area (Å²) in [5.74, 6) is 0. The first-order chi connectivity index (χ1) is 52.5. The van der Waals surface area contributed by atoms with Crippen LogP contribution in [0.5, 0.6) is 0 Å². The van der Waals surface area contributed by atoms with E-state index in [9.17, 15) is 0 Å². The fraction of sp³-hybridized carbons (Fsp3) is 0.257. The number of unbranched alkanes of at least 4 members (excludes halogenated alkanes) is 8. The molecule has 5 aliphatic rings. The van der Waals surface area contributed by atoms with Gasteiger partial charge in [0, 0.05) is 71.2 Å². The molecule has 3 nitrogen and oxygen atoms in total. The molecule has 0 radical (unpaired) electrons. The fourth-order valence-corrected chi connectivity index (χ4v) is 21.2. The molecule has 0 atom stereocenters. The Balaban J connectivity index is 0.670. The van der Waals surface area contributed by atoms with Crippen molar-refractivity contribution in [2.24, 2.45) is 0 Å². The molecular weight excluding hydrogens is 1310 g/mol. The molecule has 2 heterocycles. The molecule has 108 heavy (non-hydrogen) atoms. The Labute approximate surface area is 637 Å². The van der Waals surface area contributed by atoms with Crippen molar-refractivity contribution in [3.8, 4) is 89.0 Å². The van der Waals surface area contributed by atoms with Gasteiger partial charge >= 0.3 is 0 Å². The van der Waals surface area contributed by atoms with Crippen LogP contribution >= 0.6 is 0 Å². The summed E-state index contributed by atoms with van der Waals surface area (Å²) >= 11 is 0. The van der Waals surface area contributed by atoms with Crippen molar-refractivity contribution < 1.29 is 8.83 Å². The summed E-state index contributed by atoms with van der Waals surface area (Å²) in [5, 5.41) is 4.73. The summed E-state index contributed by atoms with van der Waals surface area (Å²) in [6.45, 7) is 24.2. The van der Waals surface area contributed by atoms with Gasteiger partial charge in [0.15, 0.2) is 0 Å². The van der Waals surface area contributed by atoms with Crippen molar-refractivity contribution in [3.05, 3.63) is 304 Å². The maximum Gasteiger partial charge on any atom is 0.143 e. The van der Waals surface area contributed by atoms with Crippen molar-refractivity contribution in [1.29, 1.82) is 0 Å². The van der Waals surface area contributed by atoms with E-state index < -0.39 is 0 Å². The van der Waals surface area contributed by atoms with Gasteiger partial charge in [-0.05, 0) is 243 Å². The number of para-hydroxylation sites is 2. The zero-order chi connectivity index (χ0) is 73.3. The lowest BCUT2D eigenvalue weighted by Crippen LogP contribution is -2.25. The molecule has 0 saturated carbocycles. The number of benzene rings is 13. The maximum atomic E-state index is 7.25. The summed E-state index contributed by atoms with van der Waals surface area (Å²) in [4.78, 5) is 2.51. The topological polar surface area (TPSA) is 29.5 Å². The monoisotopic (exact) mass is 1400 g/mol. The standard InChI is InChI=1S/C105H95NO2/c1-11-13-15-17-28-54-105(55-29-18-16-14-12-2)83-35-25-22-32-72(83)75-48-41-67(57-91(75)105)66-40-47-73-74-49-42-68(58-86(74)102(5,6)85(73)56-66)80-61-92-96(99-79-34-24-27-37-94(79)108-100(80)99)77-51-46-71(60-88(77)104(92,9)10)106(69-43-38-65(39-44-69)64-30-20-19-21-31-64)70-45-50-76-81-62-90-82(63-89(81)103(7,8)87(76)59-70)97-84(101(90,3)4)52-53-95-98(97)78-33-23-26-36-93(78)107-95/h19-27,30-53,56-63H,11-18,28-29,54-55H2,1-10H3. The second kappa shape index (κ2) is 24.6. The van der Waals surface area contributed by atoms with Gasteiger partial charge in [0.2, 0.25) is 0 Å². The van der Waals surface area contributed by atoms with E-state index >= 15 is 0 Å². The molecule has 0 unspecified atom stereocenters. The van der Waals surface area contributed by atoms with Gasteiger partial charge in [-0.25, -0.2) is 0 Å². The Kier molecular flexibility index (Phi) is 15.2. The number of nitrogens with zero attached hydrogens (tertiary/aromatic N) is 1. The molecule has 0 bridgehead atoms. The van der Waals surface area contributed by atoms with Crippen LogP contribution in [0.25, 0.3) is 133 Å². The number of anilines is 3. The fourth-order valence-electron chi connectivity index (χ4n) is 21.2. The molecule has 3 heteroatoms. The van der Waals surface area contributed by atoms with E-state index in [0.717, 1.165) is 50.3 Å². The van der Waals surface area contributed by atoms with E-state index in [1.165, 1.54) is 221 Å². The molecule has 0 saturated heterocycles. The van der Waals surface area contributed by atoms with Crippen LogP contribution in [-0.4, -0.2) is 0 Å². The molecule has 0 spiro atoms. The first-order valence-corrected chi connectivity index (χ1v) is 40.4. The predicted molar refractivity (Wildman–Crippen MR) is 455 cm³/mol. The smallest absolute Gasteiger partial charge is 0.143 e. The lowest BCUT2D eigenvalue weighted by Gasteiger charge is -2.33. The van der Waals surface area contributed by atoms with E-state index in [1.807, 2.05) is 0 Å². The van der Waals surface area contributed by atoms with Crippen LogP contribution in [0.15, 0.2) is 258 Å². The molecule has 0 amide bonds. The highest BCUT2D eigenvalue weighted by atomic mass is 16.3. The average Bonchev–Trinajstić information content (AvgIpc) is 1.55. The zero-order valence-corrected chi connectivity index (χ0v) is 64.4. The Bertz CT molecular complexity index is 6200. The maximum absolute atomic E-state index is 7.25. The zero-order valence-electron chi connectivity index (χ0n) is 64.4. The van der Waals surface area contributed by atoms with Gasteiger partial charge in [0.25, 0.3) is 0 Å². The molecular formula is C105H95NO2. The van der Waals surface area contributed by atoms with Crippen LogP contribution in [-0.2, 0) is 27.1 Å². The van der Waals surface area contributed by atoms with Gasteiger partial charge < -0.3 is 13.7 Å². The highest BCUT2D eigenvalue weighted by Gasteiger charge is 2.47. The van der Waals surface area contributed by atoms with Crippen molar-refractivity contribution in [2.75, 3.05) is 4.90 Å². The Morgan fingerprint density at radius 2 is 0.694 bits per heavy atom. The van der Waals surface area contributed by atoms with Crippen LogP contribution in [0, 0.1) is 0 Å². The average molecular weight is 1400 g/mol. The van der Waals surface area contributed by atoms with E-state index in [0.29, 0.717) is 0 Å². The Morgan fingerprint density at radius 1 is 0.259 bits per heavy atom. The molecule has 13 aromatic carbocycles. The predicted octanol–water partition coefficient (Wildman–Crippen LogP) is 30.2. The first kappa shape index (κ1) is 66.7. The van der Waals surface area contributed by atoms with Crippen LogP contribution in [0.3, 0.4) is 0 Å². The molecule has 20 rings (SSSR count). The van der Waals surface area contributed by atoms with E-state index in [1.54, 1.807) is 11.1 Å². The number of hydrogen-bond donors (Lipinski definition) is 0. The minimum absolute atomic E-state index is 0.0298. The van der Waals surface area contributed by atoms with Gasteiger partial charge in [-0.15, -0.1) is 0 Å². The van der Waals surface area contributed by atoms with Gasteiger partial charge in [0.1, 0.15) is 22.3 Å².